The van der Waals surface area contributed by atoms with Crippen LogP contribution in [0.15, 0.2) is 18.2 Å². The maximum absolute atomic E-state index is 6.19. The van der Waals surface area contributed by atoms with Gasteiger partial charge in [0.25, 0.3) is 0 Å². The van der Waals surface area contributed by atoms with Crippen molar-refractivity contribution in [2.75, 3.05) is 27.7 Å². The highest BCUT2D eigenvalue weighted by molar-refractivity contribution is 6.30. The number of nitrogens with zero attached hydrogens (tertiary/aromatic N) is 1. The summed E-state index contributed by atoms with van der Waals surface area (Å²) in [6.07, 6.45) is 1.02. The zero-order valence-corrected chi connectivity index (χ0v) is 14.2. The van der Waals surface area contributed by atoms with E-state index in [1.165, 1.54) is 0 Å². The Morgan fingerprint density at radius 2 is 2.00 bits per heavy atom. The van der Waals surface area contributed by atoms with Crippen LogP contribution in [-0.4, -0.2) is 38.2 Å². The maximum atomic E-state index is 6.19. The molecule has 20 heavy (non-hydrogen) atoms. The van der Waals surface area contributed by atoms with Gasteiger partial charge in [-0.2, -0.15) is 0 Å². The molecule has 114 valence electrons. The van der Waals surface area contributed by atoms with E-state index in [9.17, 15) is 0 Å². The molecule has 0 aliphatic heterocycles. The molecule has 1 N–H and O–H groups in total. The lowest BCUT2D eigenvalue weighted by Gasteiger charge is -2.43. The highest BCUT2D eigenvalue weighted by atomic mass is 35.5. The Balaban J connectivity index is 3.36. The highest BCUT2D eigenvalue weighted by Gasteiger charge is 2.36. The van der Waals surface area contributed by atoms with Gasteiger partial charge in [-0.15, -0.1) is 0 Å². The predicted molar refractivity (Wildman–Crippen MR) is 86.8 cm³/mol. The van der Waals surface area contributed by atoms with E-state index in [1.54, 1.807) is 7.11 Å². The molecule has 0 saturated carbocycles. The number of nitrogens with one attached hydrogen (secondary N) is 1. The van der Waals surface area contributed by atoms with Crippen LogP contribution < -0.4 is 10.1 Å². The van der Waals surface area contributed by atoms with Gasteiger partial charge in [0.1, 0.15) is 5.75 Å². The van der Waals surface area contributed by atoms with Crippen molar-refractivity contribution in [1.82, 2.24) is 10.2 Å². The van der Waals surface area contributed by atoms with Gasteiger partial charge in [0.15, 0.2) is 0 Å². The number of methoxy groups -OCH3 is 1. The lowest BCUT2D eigenvalue weighted by Crippen LogP contribution is -2.51. The highest BCUT2D eigenvalue weighted by Crippen LogP contribution is 2.38. The first kappa shape index (κ1) is 17.3. The summed E-state index contributed by atoms with van der Waals surface area (Å²) in [7, 11) is 5.93. The molecule has 0 aliphatic rings. The van der Waals surface area contributed by atoms with Crippen molar-refractivity contribution >= 4 is 11.6 Å². The van der Waals surface area contributed by atoms with Gasteiger partial charge in [-0.25, -0.2) is 0 Å². The summed E-state index contributed by atoms with van der Waals surface area (Å²) >= 11 is 6.19. The summed E-state index contributed by atoms with van der Waals surface area (Å²) in [4.78, 5) is 2.26. The molecule has 0 aromatic heterocycles. The SMILES string of the molecule is CCNC(c1cc(Cl)ccc1OC)C(C)(CC)N(C)C. The zero-order chi connectivity index (χ0) is 15.3. The molecule has 0 heterocycles. The quantitative estimate of drug-likeness (QED) is 0.830. The van der Waals surface area contributed by atoms with Crippen LogP contribution in [0.2, 0.25) is 5.02 Å². The first-order valence-corrected chi connectivity index (χ1v) is 7.52. The molecule has 1 rings (SSSR count). The molecule has 2 unspecified atom stereocenters. The average Bonchev–Trinajstić information content (AvgIpc) is 2.43. The number of halogens is 1. The van der Waals surface area contributed by atoms with Gasteiger partial charge in [0.2, 0.25) is 0 Å². The zero-order valence-electron chi connectivity index (χ0n) is 13.5. The summed E-state index contributed by atoms with van der Waals surface area (Å²) in [5.41, 5.74) is 1.09. The monoisotopic (exact) mass is 298 g/mol. The Morgan fingerprint density at radius 3 is 2.45 bits per heavy atom. The number of rotatable bonds is 7. The van der Waals surface area contributed by atoms with Gasteiger partial charge >= 0.3 is 0 Å². The normalized spacial score (nSPS) is 16.0. The molecular formula is C16H27ClN2O. The van der Waals surface area contributed by atoms with Crippen molar-refractivity contribution in [2.24, 2.45) is 0 Å². The molecule has 0 radical (unpaired) electrons. The van der Waals surface area contributed by atoms with E-state index < -0.39 is 0 Å². The molecular weight excluding hydrogens is 272 g/mol. The van der Waals surface area contributed by atoms with Gasteiger partial charge in [0, 0.05) is 16.1 Å². The topological polar surface area (TPSA) is 24.5 Å². The minimum atomic E-state index is -0.0199. The van der Waals surface area contributed by atoms with E-state index in [0.717, 1.165) is 29.3 Å². The molecule has 1 aromatic rings. The lowest BCUT2D eigenvalue weighted by molar-refractivity contribution is 0.112. The Kier molecular flexibility index (Phi) is 6.31. The van der Waals surface area contributed by atoms with E-state index in [-0.39, 0.29) is 11.6 Å². The second-order valence-corrected chi connectivity index (χ2v) is 5.92. The average molecular weight is 299 g/mol. The number of hydrogen-bond donors (Lipinski definition) is 1. The Morgan fingerprint density at radius 1 is 1.35 bits per heavy atom. The number of ether oxygens (including phenoxy) is 1. The smallest absolute Gasteiger partial charge is 0.123 e. The fourth-order valence-corrected chi connectivity index (χ4v) is 2.76. The molecule has 3 nitrogen and oxygen atoms in total. The first-order chi connectivity index (χ1) is 9.40. The Bertz CT molecular complexity index is 436. The molecule has 1 aromatic carbocycles. The van der Waals surface area contributed by atoms with Crippen molar-refractivity contribution in [3.63, 3.8) is 0 Å². The van der Waals surface area contributed by atoms with Crippen LogP contribution in [0.4, 0.5) is 0 Å². The fraction of sp³-hybridized carbons (Fsp3) is 0.625. The molecule has 2 atom stereocenters. The third-order valence-electron chi connectivity index (χ3n) is 4.27. The van der Waals surface area contributed by atoms with Crippen molar-refractivity contribution in [3.8, 4) is 5.75 Å². The molecule has 0 spiro atoms. The van der Waals surface area contributed by atoms with Crippen LogP contribution in [0.25, 0.3) is 0 Å². The molecule has 0 fully saturated rings. The van der Waals surface area contributed by atoms with E-state index in [4.69, 9.17) is 16.3 Å². The summed E-state index contributed by atoms with van der Waals surface area (Å²) in [5.74, 6) is 0.877. The van der Waals surface area contributed by atoms with Crippen molar-refractivity contribution in [3.05, 3.63) is 28.8 Å². The predicted octanol–water partition coefficient (Wildman–Crippen LogP) is 3.73. The van der Waals surface area contributed by atoms with E-state index >= 15 is 0 Å². The van der Waals surface area contributed by atoms with E-state index in [2.05, 4.69) is 45.1 Å². The van der Waals surface area contributed by atoms with E-state index in [1.807, 2.05) is 18.2 Å². The lowest BCUT2D eigenvalue weighted by atomic mass is 9.83. The molecule has 0 amide bonds. The van der Waals surface area contributed by atoms with Gasteiger partial charge in [0.05, 0.1) is 13.2 Å². The van der Waals surface area contributed by atoms with Gasteiger partial charge < -0.3 is 15.0 Å². The number of hydrogen-bond acceptors (Lipinski definition) is 3. The molecule has 0 aliphatic carbocycles. The van der Waals surface area contributed by atoms with Crippen LogP contribution >= 0.6 is 11.6 Å². The molecule has 4 heteroatoms. The molecule has 0 bridgehead atoms. The van der Waals surface area contributed by atoms with Crippen LogP contribution in [0.3, 0.4) is 0 Å². The van der Waals surface area contributed by atoms with Crippen molar-refractivity contribution in [2.45, 2.75) is 38.8 Å². The second kappa shape index (κ2) is 7.30. The number of likely N-dealkylation sites (N-methyl/N-ethyl adjacent to an activating group) is 2. The summed E-state index contributed by atoms with van der Waals surface area (Å²) in [5, 5.41) is 4.33. The second-order valence-electron chi connectivity index (χ2n) is 5.48. The van der Waals surface area contributed by atoms with Gasteiger partial charge in [-0.1, -0.05) is 25.4 Å². The molecule has 0 saturated heterocycles. The Labute approximate surface area is 128 Å². The largest absolute Gasteiger partial charge is 0.496 e. The van der Waals surface area contributed by atoms with Crippen LogP contribution in [0, 0.1) is 0 Å². The number of benzene rings is 1. The fourth-order valence-electron chi connectivity index (χ4n) is 2.58. The minimum absolute atomic E-state index is 0.0199. The maximum Gasteiger partial charge on any atom is 0.123 e. The van der Waals surface area contributed by atoms with Gasteiger partial charge in [-0.3, -0.25) is 0 Å². The minimum Gasteiger partial charge on any atom is -0.496 e. The van der Waals surface area contributed by atoms with Crippen molar-refractivity contribution < 1.29 is 4.74 Å². The first-order valence-electron chi connectivity index (χ1n) is 7.14. The van der Waals surface area contributed by atoms with Crippen LogP contribution in [0.5, 0.6) is 5.75 Å². The van der Waals surface area contributed by atoms with Gasteiger partial charge in [-0.05, 0) is 52.2 Å². The van der Waals surface area contributed by atoms with E-state index in [0.29, 0.717) is 0 Å². The van der Waals surface area contributed by atoms with Crippen LogP contribution in [0.1, 0.15) is 38.8 Å². The Hall–Kier alpha value is -0.770. The third kappa shape index (κ3) is 3.46. The standard InChI is InChI=1S/C16H27ClN2O/c1-7-16(3,19(4)5)15(18-8-2)13-11-12(17)9-10-14(13)20-6/h9-11,15,18H,7-8H2,1-6H3. The summed E-state index contributed by atoms with van der Waals surface area (Å²) < 4.78 is 5.53. The van der Waals surface area contributed by atoms with Crippen LogP contribution in [-0.2, 0) is 0 Å². The summed E-state index contributed by atoms with van der Waals surface area (Å²) in [6.45, 7) is 7.49. The summed E-state index contributed by atoms with van der Waals surface area (Å²) in [6, 6.07) is 5.96. The third-order valence-corrected chi connectivity index (χ3v) is 4.51. The van der Waals surface area contributed by atoms with Crippen molar-refractivity contribution in [1.29, 1.82) is 0 Å².